The fourth-order valence-corrected chi connectivity index (χ4v) is 7.81. The van der Waals surface area contributed by atoms with Crippen molar-refractivity contribution in [2.75, 3.05) is 0 Å². The first kappa shape index (κ1) is 25.3. The van der Waals surface area contributed by atoms with Gasteiger partial charge in [-0.05, 0) is 64.9 Å². The van der Waals surface area contributed by atoms with E-state index in [0.717, 1.165) is 56.5 Å². The Morgan fingerprint density at radius 2 is 1.36 bits per heavy atom. The average molecular weight is 571 g/mol. The van der Waals surface area contributed by atoms with E-state index in [2.05, 4.69) is 87.5 Å². The lowest BCUT2D eigenvalue weighted by Crippen LogP contribution is -2.31. The molecule has 3 aromatic heterocycles. The van der Waals surface area contributed by atoms with Crippen LogP contribution in [-0.4, -0.2) is 9.97 Å². The first-order valence-electron chi connectivity index (χ1n) is 15.4. The predicted octanol–water partition coefficient (Wildman–Crippen LogP) is 10.9. The molecule has 9 rings (SSSR count). The van der Waals surface area contributed by atoms with Gasteiger partial charge < -0.3 is 8.83 Å². The maximum Gasteiger partial charge on any atom is 0.180 e. The third-order valence-electron chi connectivity index (χ3n) is 9.85. The summed E-state index contributed by atoms with van der Waals surface area (Å²) in [6, 6.07) is 38.0. The summed E-state index contributed by atoms with van der Waals surface area (Å²) in [4.78, 5) is 10.2. The zero-order valence-electron chi connectivity index (χ0n) is 24.9. The zero-order valence-corrected chi connectivity index (χ0v) is 24.9. The molecular weight excluding hydrogens is 540 g/mol. The number of rotatable bonds is 4. The Morgan fingerprint density at radius 1 is 0.659 bits per heavy atom. The largest absolute Gasteiger partial charge is 0.456 e. The Kier molecular flexibility index (Phi) is 5.25. The molecule has 8 aromatic rings. The highest BCUT2D eigenvalue weighted by molar-refractivity contribution is 6.11. The van der Waals surface area contributed by atoms with Crippen LogP contribution in [0.2, 0.25) is 0 Å². The molecule has 212 valence electrons. The molecule has 0 N–H and O–H groups in total. The quantitative estimate of drug-likeness (QED) is 0.211. The topological polar surface area (TPSA) is 52.1 Å². The molecule has 0 saturated heterocycles. The molecule has 44 heavy (non-hydrogen) atoms. The number of furan rings is 2. The van der Waals surface area contributed by atoms with E-state index >= 15 is 0 Å². The first-order chi connectivity index (χ1) is 21.6. The second kappa shape index (κ2) is 9.14. The van der Waals surface area contributed by atoms with Gasteiger partial charge in [-0.2, -0.15) is 0 Å². The molecule has 1 aliphatic rings. The van der Waals surface area contributed by atoms with Crippen LogP contribution in [-0.2, 0) is 5.41 Å². The second-order valence-electron chi connectivity index (χ2n) is 12.2. The summed E-state index contributed by atoms with van der Waals surface area (Å²) in [7, 11) is 0. The van der Waals surface area contributed by atoms with E-state index < -0.39 is 0 Å². The van der Waals surface area contributed by atoms with Gasteiger partial charge in [0.05, 0.1) is 0 Å². The molecule has 1 aliphatic carbocycles. The highest BCUT2D eigenvalue weighted by Crippen LogP contribution is 2.58. The zero-order chi connectivity index (χ0) is 29.6. The van der Waals surface area contributed by atoms with Gasteiger partial charge in [-0.3, -0.25) is 0 Å². The molecule has 0 spiro atoms. The Hall–Kier alpha value is -5.22. The molecule has 1 atom stereocenters. The molecule has 4 nitrogen and oxygen atoms in total. The van der Waals surface area contributed by atoms with Crippen molar-refractivity contribution in [3.05, 3.63) is 120 Å². The minimum Gasteiger partial charge on any atom is -0.456 e. The van der Waals surface area contributed by atoms with Crippen LogP contribution in [0.5, 0.6) is 0 Å². The molecular formula is C40H30N2O2. The molecule has 0 bridgehead atoms. The van der Waals surface area contributed by atoms with Gasteiger partial charge in [-0.25, -0.2) is 9.97 Å². The van der Waals surface area contributed by atoms with Gasteiger partial charge in [-0.15, -0.1) is 0 Å². The fourth-order valence-electron chi connectivity index (χ4n) is 7.81. The van der Waals surface area contributed by atoms with Crippen LogP contribution in [0.15, 0.2) is 118 Å². The average Bonchev–Trinajstić information content (AvgIpc) is 3.72. The second-order valence-corrected chi connectivity index (χ2v) is 12.2. The highest BCUT2D eigenvalue weighted by atomic mass is 16.3. The van der Waals surface area contributed by atoms with E-state index in [1.807, 2.05) is 42.5 Å². The van der Waals surface area contributed by atoms with Crippen LogP contribution in [0.1, 0.15) is 38.3 Å². The molecule has 0 amide bonds. The number of fused-ring (bicyclic) bond motifs is 10. The van der Waals surface area contributed by atoms with Crippen molar-refractivity contribution in [1.82, 2.24) is 9.97 Å². The summed E-state index contributed by atoms with van der Waals surface area (Å²) in [6.07, 6.45) is 0.964. The van der Waals surface area contributed by atoms with Crippen molar-refractivity contribution in [3.8, 4) is 33.8 Å². The molecule has 1 unspecified atom stereocenters. The van der Waals surface area contributed by atoms with Crippen LogP contribution in [0.25, 0.3) is 77.8 Å². The maximum absolute atomic E-state index is 6.49. The number of hydrogen-bond donors (Lipinski definition) is 0. The molecule has 5 aromatic carbocycles. The predicted molar refractivity (Wildman–Crippen MR) is 179 cm³/mol. The lowest BCUT2D eigenvalue weighted by atomic mass is 9.67. The van der Waals surface area contributed by atoms with E-state index in [0.29, 0.717) is 11.7 Å². The number of hydrogen-bond acceptors (Lipinski definition) is 4. The summed E-state index contributed by atoms with van der Waals surface area (Å²) < 4.78 is 12.9. The summed E-state index contributed by atoms with van der Waals surface area (Å²) in [5.74, 6) is 1.04. The summed E-state index contributed by atoms with van der Waals surface area (Å²) in [5, 5.41) is 3.41. The third kappa shape index (κ3) is 3.28. The van der Waals surface area contributed by atoms with E-state index in [9.17, 15) is 0 Å². The monoisotopic (exact) mass is 570 g/mol. The van der Waals surface area contributed by atoms with Crippen LogP contribution in [0, 0.1) is 5.92 Å². The highest BCUT2D eigenvalue weighted by Gasteiger charge is 2.46. The minimum atomic E-state index is -0.199. The Balaban J connectivity index is 1.35. The van der Waals surface area contributed by atoms with Gasteiger partial charge in [0, 0.05) is 32.7 Å². The molecule has 4 heteroatoms. The standard InChI is InChI=1S/C40H30N2O2/c1-4-40(23(2)3)30-22-25(18-19-26(30)27-20-21-33-34(35(27)40)28-14-8-10-16-31(28)43-33)36-38-37(29-15-9-11-17-32(29)44-38)42-39(41-36)24-12-6-5-7-13-24/h5-23H,4H2,1-3H3. The Morgan fingerprint density at radius 3 is 2.14 bits per heavy atom. The number of nitrogens with zero attached hydrogens (tertiary/aromatic N) is 2. The minimum absolute atomic E-state index is 0.199. The summed E-state index contributed by atoms with van der Waals surface area (Å²) in [6.45, 7) is 7.03. The van der Waals surface area contributed by atoms with Gasteiger partial charge in [0.15, 0.2) is 11.4 Å². The SMILES string of the molecule is CCC1(C(C)C)c2cc(-c3nc(-c4ccccc4)nc4c3oc3ccccc34)ccc2-c2ccc3oc4ccccc4c3c21. The van der Waals surface area contributed by atoms with Gasteiger partial charge in [-0.1, -0.05) is 99.6 Å². The molecule has 0 fully saturated rings. The lowest BCUT2D eigenvalue weighted by Gasteiger charge is -2.36. The van der Waals surface area contributed by atoms with Crippen LogP contribution >= 0.6 is 0 Å². The smallest absolute Gasteiger partial charge is 0.180 e. The Labute approximate surface area is 255 Å². The van der Waals surface area contributed by atoms with Crippen LogP contribution < -0.4 is 0 Å². The molecule has 0 radical (unpaired) electrons. The normalized spacial score (nSPS) is 16.0. The van der Waals surface area contributed by atoms with Gasteiger partial charge in [0.2, 0.25) is 0 Å². The molecule has 3 heterocycles. The van der Waals surface area contributed by atoms with E-state index in [-0.39, 0.29) is 5.41 Å². The first-order valence-corrected chi connectivity index (χ1v) is 15.4. The molecule has 0 aliphatic heterocycles. The van der Waals surface area contributed by atoms with Crippen molar-refractivity contribution in [2.45, 2.75) is 32.6 Å². The third-order valence-corrected chi connectivity index (χ3v) is 9.85. The van der Waals surface area contributed by atoms with E-state index in [1.165, 1.54) is 33.0 Å². The molecule has 0 saturated carbocycles. The van der Waals surface area contributed by atoms with E-state index in [1.54, 1.807) is 0 Å². The van der Waals surface area contributed by atoms with Crippen molar-refractivity contribution in [2.24, 2.45) is 5.92 Å². The van der Waals surface area contributed by atoms with E-state index in [4.69, 9.17) is 18.8 Å². The number of aromatic nitrogens is 2. The summed E-state index contributed by atoms with van der Waals surface area (Å²) >= 11 is 0. The maximum atomic E-state index is 6.49. The van der Waals surface area contributed by atoms with Crippen molar-refractivity contribution in [3.63, 3.8) is 0 Å². The number of benzene rings is 5. The number of para-hydroxylation sites is 2. The summed E-state index contributed by atoms with van der Waals surface area (Å²) in [5.41, 5.74) is 12.2. The van der Waals surface area contributed by atoms with Crippen molar-refractivity contribution >= 4 is 44.0 Å². The van der Waals surface area contributed by atoms with Gasteiger partial charge >= 0.3 is 0 Å². The fraction of sp³-hybridized carbons (Fsp3) is 0.150. The van der Waals surface area contributed by atoms with Crippen molar-refractivity contribution in [1.29, 1.82) is 0 Å². The van der Waals surface area contributed by atoms with Crippen molar-refractivity contribution < 1.29 is 8.83 Å². The van der Waals surface area contributed by atoms with Gasteiger partial charge in [0.1, 0.15) is 28.0 Å². The lowest BCUT2D eigenvalue weighted by molar-refractivity contribution is 0.369. The van der Waals surface area contributed by atoms with Crippen LogP contribution in [0.4, 0.5) is 0 Å². The Bertz CT molecular complexity index is 2410. The van der Waals surface area contributed by atoms with Crippen LogP contribution in [0.3, 0.4) is 0 Å². The van der Waals surface area contributed by atoms with Gasteiger partial charge in [0.25, 0.3) is 0 Å².